The van der Waals surface area contributed by atoms with Crippen LogP contribution in [0, 0.1) is 0 Å². The molecule has 0 radical (unpaired) electrons. The number of rotatable bonds is 0. The smallest absolute Gasteiger partial charge is 0.0533 e. The van der Waals surface area contributed by atoms with Crippen molar-refractivity contribution in [2.24, 2.45) is 0 Å². The summed E-state index contributed by atoms with van der Waals surface area (Å²) in [5.74, 6) is 0. The summed E-state index contributed by atoms with van der Waals surface area (Å²) >= 11 is 0. The minimum atomic E-state index is 1.50. The van der Waals surface area contributed by atoms with Gasteiger partial charge in [0.15, 0.2) is 0 Å². The average molecular weight is 365 g/mol. The lowest BCUT2D eigenvalue weighted by molar-refractivity contribution is 0.504. The zero-order chi connectivity index (χ0) is 18.4. The lowest BCUT2D eigenvalue weighted by Gasteiger charge is -2.05. The SMILES string of the molecule is C1CCCCCCCCCCC1.C1CCCCCCCCCCCCC1. The zero-order valence-electron chi connectivity index (χ0n) is 18.4. The third-order valence-electron chi connectivity index (χ3n) is 6.50. The predicted molar refractivity (Wildman–Crippen MR) is 120 cm³/mol. The van der Waals surface area contributed by atoms with E-state index < -0.39 is 0 Å². The Morgan fingerprint density at radius 2 is 0.115 bits per heavy atom. The van der Waals surface area contributed by atoms with Gasteiger partial charge >= 0.3 is 0 Å². The maximum absolute atomic E-state index is 1.50. The van der Waals surface area contributed by atoms with Gasteiger partial charge in [0.05, 0.1) is 0 Å². The van der Waals surface area contributed by atoms with E-state index in [0.29, 0.717) is 0 Å². The summed E-state index contributed by atoms with van der Waals surface area (Å²) in [5, 5.41) is 0. The highest BCUT2D eigenvalue weighted by Gasteiger charge is 1.97. The standard InChI is InChI=1S/C14H28.C12H24/c1-2-4-6-8-10-12-14-13-11-9-7-5-3-1;1-2-4-6-8-10-12-11-9-7-5-3-1/h1-14H2;1-12H2. The first-order valence-corrected chi connectivity index (χ1v) is 13.0. The summed E-state index contributed by atoms with van der Waals surface area (Å²) in [7, 11) is 0. The van der Waals surface area contributed by atoms with Crippen molar-refractivity contribution in [1.29, 1.82) is 0 Å². The zero-order valence-corrected chi connectivity index (χ0v) is 18.4. The van der Waals surface area contributed by atoms with Crippen molar-refractivity contribution >= 4 is 0 Å². The van der Waals surface area contributed by atoms with Crippen LogP contribution >= 0.6 is 0 Å². The highest BCUT2D eigenvalue weighted by Crippen LogP contribution is 2.17. The molecule has 0 amide bonds. The van der Waals surface area contributed by atoms with Crippen LogP contribution in [0.1, 0.15) is 167 Å². The van der Waals surface area contributed by atoms with Crippen molar-refractivity contribution in [3.05, 3.63) is 0 Å². The van der Waals surface area contributed by atoms with Gasteiger partial charge in [0.2, 0.25) is 0 Å². The monoisotopic (exact) mass is 364 g/mol. The van der Waals surface area contributed by atoms with Gasteiger partial charge in [0.25, 0.3) is 0 Å². The maximum atomic E-state index is 1.50. The molecule has 0 atom stereocenters. The van der Waals surface area contributed by atoms with Crippen molar-refractivity contribution < 1.29 is 0 Å². The fourth-order valence-corrected chi connectivity index (χ4v) is 4.60. The minimum Gasteiger partial charge on any atom is -0.0533 e. The molecule has 0 bridgehead atoms. The second-order valence-electron chi connectivity index (χ2n) is 9.19. The van der Waals surface area contributed by atoms with Gasteiger partial charge < -0.3 is 0 Å². The summed E-state index contributed by atoms with van der Waals surface area (Å²) in [6, 6.07) is 0. The van der Waals surface area contributed by atoms with E-state index >= 15 is 0 Å². The second kappa shape index (κ2) is 21.3. The minimum absolute atomic E-state index is 1.50. The molecule has 2 rings (SSSR count). The Kier molecular flexibility index (Phi) is 19.7. The normalized spacial score (nSPS) is 24.0. The van der Waals surface area contributed by atoms with Crippen LogP contribution in [-0.2, 0) is 0 Å². The number of hydrogen-bond donors (Lipinski definition) is 0. The van der Waals surface area contributed by atoms with E-state index in [1.165, 1.54) is 167 Å². The summed E-state index contributed by atoms with van der Waals surface area (Å²) in [6.45, 7) is 0. The molecular weight excluding hydrogens is 312 g/mol. The van der Waals surface area contributed by atoms with Crippen LogP contribution in [0.3, 0.4) is 0 Å². The molecule has 0 aliphatic heterocycles. The highest BCUT2D eigenvalue weighted by atomic mass is 14.0. The van der Waals surface area contributed by atoms with Crippen molar-refractivity contribution in [2.45, 2.75) is 167 Å². The molecule has 0 unspecified atom stereocenters. The molecule has 2 aliphatic carbocycles. The first-order valence-electron chi connectivity index (χ1n) is 13.0. The molecule has 0 spiro atoms. The van der Waals surface area contributed by atoms with Gasteiger partial charge in [0.1, 0.15) is 0 Å². The molecule has 0 aromatic carbocycles. The van der Waals surface area contributed by atoms with Gasteiger partial charge in [-0.05, 0) is 0 Å². The Bertz CT molecular complexity index is 148. The van der Waals surface area contributed by atoms with Crippen molar-refractivity contribution in [3.63, 3.8) is 0 Å². The predicted octanol–water partition coefficient (Wildman–Crippen LogP) is 10.1. The lowest BCUT2D eigenvalue weighted by Crippen LogP contribution is -1.85. The Labute approximate surface area is 167 Å². The van der Waals surface area contributed by atoms with Crippen LogP contribution in [0.2, 0.25) is 0 Å². The van der Waals surface area contributed by atoms with Crippen LogP contribution in [0.5, 0.6) is 0 Å². The molecule has 0 aromatic rings. The van der Waals surface area contributed by atoms with Gasteiger partial charge in [-0.2, -0.15) is 0 Å². The van der Waals surface area contributed by atoms with Gasteiger partial charge in [-0.1, -0.05) is 167 Å². The van der Waals surface area contributed by atoms with Gasteiger partial charge in [-0.25, -0.2) is 0 Å². The quantitative estimate of drug-likeness (QED) is 0.401. The van der Waals surface area contributed by atoms with E-state index in [4.69, 9.17) is 0 Å². The Morgan fingerprint density at radius 1 is 0.0769 bits per heavy atom. The third kappa shape index (κ3) is 18.8. The first kappa shape index (κ1) is 24.0. The van der Waals surface area contributed by atoms with E-state index in [2.05, 4.69) is 0 Å². The molecule has 0 heteroatoms. The fraction of sp³-hybridized carbons (Fsp3) is 1.00. The molecule has 2 saturated carbocycles. The molecule has 0 N–H and O–H groups in total. The largest absolute Gasteiger partial charge is 0.0533 e. The van der Waals surface area contributed by atoms with Crippen molar-refractivity contribution in [1.82, 2.24) is 0 Å². The fourth-order valence-electron chi connectivity index (χ4n) is 4.60. The molecule has 2 fully saturated rings. The third-order valence-corrected chi connectivity index (χ3v) is 6.50. The molecule has 156 valence electrons. The van der Waals surface area contributed by atoms with Gasteiger partial charge in [-0.3, -0.25) is 0 Å². The molecule has 0 nitrogen and oxygen atoms in total. The molecular formula is C26H52. The highest BCUT2D eigenvalue weighted by molar-refractivity contribution is 4.53. The maximum Gasteiger partial charge on any atom is -0.0533 e. The van der Waals surface area contributed by atoms with E-state index in [0.717, 1.165) is 0 Å². The molecule has 2 aliphatic rings. The average Bonchev–Trinajstić information content (AvgIpc) is 2.65. The van der Waals surface area contributed by atoms with Crippen LogP contribution in [0.25, 0.3) is 0 Å². The van der Waals surface area contributed by atoms with Crippen LogP contribution in [-0.4, -0.2) is 0 Å². The first-order chi connectivity index (χ1) is 13.0. The van der Waals surface area contributed by atoms with E-state index in [9.17, 15) is 0 Å². The molecule has 0 saturated heterocycles. The van der Waals surface area contributed by atoms with Gasteiger partial charge in [0, 0.05) is 0 Å². The van der Waals surface area contributed by atoms with Crippen LogP contribution < -0.4 is 0 Å². The molecule has 0 heterocycles. The lowest BCUT2D eigenvalue weighted by atomic mass is 10.0. The second-order valence-corrected chi connectivity index (χ2v) is 9.19. The van der Waals surface area contributed by atoms with E-state index in [1.54, 1.807) is 0 Å². The Morgan fingerprint density at radius 3 is 0.154 bits per heavy atom. The molecule has 26 heavy (non-hydrogen) atoms. The van der Waals surface area contributed by atoms with Gasteiger partial charge in [-0.15, -0.1) is 0 Å². The van der Waals surface area contributed by atoms with Crippen LogP contribution in [0.4, 0.5) is 0 Å². The number of hydrogen-bond acceptors (Lipinski definition) is 0. The summed E-state index contributed by atoms with van der Waals surface area (Å²) < 4.78 is 0. The Hall–Kier alpha value is 0. The van der Waals surface area contributed by atoms with E-state index in [-0.39, 0.29) is 0 Å². The molecule has 0 aromatic heterocycles. The van der Waals surface area contributed by atoms with Crippen molar-refractivity contribution in [2.75, 3.05) is 0 Å². The van der Waals surface area contributed by atoms with E-state index in [1.807, 2.05) is 0 Å². The Balaban J connectivity index is 0.000000263. The summed E-state index contributed by atoms with van der Waals surface area (Å²) in [5.41, 5.74) is 0. The van der Waals surface area contributed by atoms with Crippen LogP contribution in [0.15, 0.2) is 0 Å². The summed E-state index contributed by atoms with van der Waals surface area (Å²) in [4.78, 5) is 0. The topological polar surface area (TPSA) is 0 Å². The van der Waals surface area contributed by atoms with Crippen molar-refractivity contribution in [3.8, 4) is 0 Å². The summed E-state index contributed by atoms with van der Waals surface area (Å²) in [6.07, 6.45) is 39.0.